The van der Waals surface area contributed by atoms with Crippen molar-refractivity contribution in [2.45, 2.75) is 13.0 Å². The summed E-state index contributed by atoms with van der Waals surface area (Å²) in [5.74, 6) is -1.48. The number of aliphatic carboxylic acids is 1. The van der Waals surface area contributed by atoms with Gasteiger partial charge in [-0.1, -0.05) is 0 Å². The number of amides is 3. The standard InChI is InChI=1S/C9H12N2O5/c1-9(7(13)14)4-16-3-5(9)11-6(12)2-10-8(11)15/h5H,2-4H2,1H3,(H,10,15)(H,13,14). The summed E-state index contributed by atoms with van der Waals surface area (Å²) in [5, 5.41) is 11.5. The van der Waals surface area contributed by atoms with Gasteiger partial charge in [0.1, 0.15) is 5.41 Å². The van der Waals surface area contributed by atoms with Crippen LogP contribution in [0.15, 0.2) is 0 Å². The molecule has 7 nitrogen and oxygen atoms in total. The zero-order chi connectivity index (χ0) is 11.9. The van der Waals surface area contributed by atoms with E-state index in [2.05, 4.69) is 5.32 Å². The van der Waals surface area contributed by atoms with Crippen molar-refractivity contribution in [2.24, 2.45) is 5.41 Å². The molecule has 0 aliphatic carbocycles. The third kappa shape index (κ3) is 1.35. The summed E-state index contributed by atoms with van der Waals surface area (Å²) in [5.41, 5.74) is -1.22. The SMILES string of the molecule is CC1(C(=O)O)COCC1N1C(=O)CNC1=O. The average Bonchev–Trinajstić information content (AvgIpc) is 2.72. The highest BCUT2D eigenvalue weighted by atomic mass is 16.5. The summed E-state index contributed by atoms with van der Waals surface area (Å²) in [6, 6.07) is -1.28. The van der Waals surface area contributed by atoms with Crippen LogP contribution in [-0.4, -0.2) is 53.7 Å². The number of ether oxygens (including phenoxy) is 1. The number of carboxylic acids is 1. The molecule has 3 amide bonds. The molecular formula is C9H12N2O5. The van der Waals surface area contributed by atoms with Gasteiger partial charge in [-0.25, -0.2) is 4.79 Å². The molecule has 2 aliphatic rings. The summed E-state index contributed by atoms with van der Waals surface area (Å²) in [6.07, 6.45) is 0. The fourth-order valence-electron chi connectivity index (χ4n) is 1.98. The molecule has 2 heterocycles. The second-order valence-electron chi connectivity index (χ2n) is 4.18. The van der Waals surface area contributed by atoms with Crippen molar-refractivity contribution in [3.05, 3.63) is 0 Å². The van der Waals surface area contributed by atoms with Gasteiger partial charge in [-0.05, 0) is 6.92 Å². The lowest BCUT2D eigenvalue weighted by Crippen LogP contribution is -2.52. The quantitative estimate of drug-likeness (QED) is 0.593. The van der Waals surface area contributed by atoms with Crippen LogP contribution in [0.2, 0.25) is 0 Å². The molecule has 2 N–H and O–H groups in total. The zero-order valence-corrected chi connectivity index (χ0v) is 8.73. The molecule has 0 saturated carbocycles. The minimum Gasteiger partial charge on any atom is -0.481 e. The number of hydrogen-bond acceptors (Lipinski definition) is 4. The molecule has 2 unspecified atom stereocenters. The van der Waals surface area contributed by atoms with Gasteiger partial charge in [0.15, 0.2) is 0 Å². The first kappa shape index (κ1) is 10.9. The van der Waals surface area contributed by atoms with Crippen molar-refractivity contribution in [3.63, 3.8) is 0 Å². The predicted octanol–water partition coefficient (Wildman–Crippen LogP) is -0.972. The summed E-state index contributed by atoms with van der Waals surface area (Å²) in [4.78, 5) is 35.0. The Morgan fingerprint density at radius 1 is 1.62 bits per heavy atom. The summed E-state index contributed by atoms with van der Waals surface area (Å²) in [6.45, 7) is 1.48. The average molecular weight is 228 g/mol. The maximum absolute atomic E-state index is 11.5. The van der Waals surface area contributed by atoms with Crippen LogP contribution < -0.4 is 5.32 Å². The van der Waals surface area contributed by atoms with Gasteiger partial charge in [-0.15, -0.1) is 0 Å². The Bertz CT molecular complexity index is 353. The highest BCUT2D eigenvalue weighted by molar-refractivity contribution is 6.02. The second kappa shape index (κ2) is 3.44. The lowest BCUT2D eigenvalue weighted by molar-refractivity contribution is -0.150. The predicted molar refractivity (Wildman–Crippen MR) is 50.6 cm³/mol. The second-order valence-corrected chi connectivity index (χ2v) is 4.18. The number of urea groups is 1. The van der Waals surface area contributed by atoms with Crippen LogP contribution in [0.5, 0.6) is 0 Å². The highest BCUT2D eigenvalue weighted by Gasteiger charge is 2.53. The van der Waals surface area contributed by atoms with Crippen molar-refractivity contribution in [2.75, 3.05) is 19.8 Å². The van der Waals surface area contributed by atoms with Gasteiger partial charge in [0.25, 0.3) is 0 Å². The van der Waals surface area contributed by atoms with Crippen LogP contribution in [-0.2, 0) is 14.3 Å². The van der Waals surface area contributed by atoms with Crippen molar-refractivity contribution in [1.82, 2.24) is 10.2 Å². The number of hydrogen-bond donors (Lipinski definition) is 2. The molecule has 0 spiro atoms. The number of carboxylic acid groups (broad SMARTS) is 1. The van der Waals surface area contributed by atoms with E-state index in [1.165, 1.54) is 6.92 Å². The monoisotopic (exact) mass is 228 g/mol. The van der Waals surface area contributed by atoms with Gasteiger partial charge >= 0.3 is 12.0 Å². The van der Waals surface area contributed by atoms with E-state index in [4.69, 9.17) is 9.84 Å². The number of rotatable bonds is 2. The Morgan fingerprint density at radius 2 is 2.31 bits per heavy atom. The van der Waals surface area contributed by atoms with Gasteiger partial charge in [0, 0.05) is 0 Å². The molecule has 7 heteroatoms. The highest BCUT2D eigenvalue weighted by Crippen LogP contribution is 2.33. The van der Waals surface area contributed by atoms with Crippen LogP contribution in [0.3, 0.4) is 0 Å². The maximum atomic E-state index is 11.5. The van der Waals surface area contributed by atoms with Crippen molar-refractivity contribution in [1.29, 1.82) is 0 Å². The molecule has 0 aromatic heterocycles. The molecule has 88 valence electrons. The van der Waals surface area contributed by atoms with Crippen LogP contribution in [0.1, 0.15) is 6.92 Å². The molecule has 2 fully saturated rings. The van der Waals surface area contributed by atoms with Crippen molar-refractivity contribution >= 4 is 17.9 Å². The van der Waals surface area contributed by atoms with Crippen LogP contribution in [0.25, 0.3) is 0 Å². The molecule has 2 aliphatic heterocycles. The summed E-state index contributed by atoms with van der Waals surface area (Å²) in [7, 11) is 0. The lowest BCUT2D eigenvalue weighted by atomic mass is 9.84. The molecule has 2 saturated heterocycles. The first-order valence-electron chi connectivity index (χ1n) is 4.88. The van der Waals surface area contributed by atoms with Crippen LogP contribution >= 0.6 is 0 Å². The molecule has 2 rings (SSSR count). The van der Waals surface area contributed by atoms with E-state index in [0.717, 1.165) is 4.90 Å². The number of carbonyl (C=O) groups excluding carboxylic acids is 2. The van der Waals surface area contributed by atoms with E-state index in [0.29, 0.717) is 0 Å². The fraction of sp³-hybridized carbons (Fsp3) is 0.667. The first-order valence-corrected chi connectivity index (χ1v) is 4.88. The molecule has 0 aromatic rings. The molecule has 0 aromatic carbocycles. The van der Waals surface area contributed by atoms with Crippen LogP contribution in [0.4, 0.5) is 4.79 Å². The topological polar surface area (TPSA) is 95.9 Å². The van der Waals surface area contributed by atoms with Crippen molar-refractivity contribution < 1.29 is 24.2 Å². The molecule has 0 bridgehead atoms. The Morgan fingerprint density at radius 3 is 2.81 bits per heavy atom. The fourth-order valence-corrected chi connectivity index (χ4v) is 1.98. The Labute approximate surface area is 91.3 Å². The van der Waals surface area contributed by atoms with E-state index in [9.17, 15) is 14.4 Å². The minimum absolute atomic E-state index is 0.00403. The first-order chi connectivity index (χ1) is 7.47. The smallest absolute Gasteiger partial charge is 0.324 e. The van der Waals surface area contributed by atoms with Gasteiger partial charge in [0.05, 0.1) is 25.8 Å². The normalized spacial score (nSPS) is 34.3. The lowest BCUT2D eigenvalue weighted by Gasteiger charge is -2.30. The largest absolute Gasteiger partial charge is 0.481 e. The number of imide groups is 1. The third-order valence-electron chi connectivity index (χ3n) is 3.09. The number of nitrogens with one attached hydrogen (secondary N) is 1. The Kier molecular flexibility index (Phi) is 2.34. The van der Waals surface area contributed by atoms with E-state index < -0.39 is 29.4 Å². The summed E-state index contributed by atoms with van der Waals surface area (Å²) >= 11 is 0. The number of carbonyl (C=O) groups is 3. The molecular weight excluding hydrogens is 216 g/mol. The minimum atomic E-state index is -1.22. The van der Waals surface area contributed by atoms with E-state index >= 15 is 0 Å². The molecule has 2 atom stereocenters. The Balaban J connectivity index is 2.30. The zero-order valence-electron chi connectivity index (χ0n) is 8.73. The summed E-state index contributed by atoms with van der Waals surface area (Å²) < 4.78 is 5.09. The third-order valence-corrected chi connectivity index (χ3v) is 3.09. The maximum Gasteiger partial charge on any atom is 0.324 e. The van der Waals surface area contributed by atoms with Gasteiger partial charge in [-0.2, -0.15) is 0 Å². The molecule has 0 radical (unpaired) electrons. The van der Waals surface area contributed by atoms with Crippen molar-refractivity contribution in [3.8, 4) is 0 Å². The number of nitrogens with zero attached hydrogens (tertiary/aromatic N) is 1. The van der Waals surface area contributed by atoms with Crippen LogP contribution in [0, 0.1) is 5.41 Å². The molecule has 16 heavy (non-hydrogen) atoms. The van der Waals surface area contributed by atoms with Gasteiger partial charge in [0.2, 0.25) is 5.91 Å². The Hall–Kier alpha value is -1.63. The van der Waals surface area contributed by atoms with Gasteiger partial charge in [-0.3, -0.25) is 14.5 Å². The van der Waals surface area contributed by atoms with E-state index in [1.54, 1.807) is 0 Å². The van der Waals surface area contributed by atoms with E-state index in [1.807, 2.05) is 0 Å². The van der Waals surface area contributed by atoms with Gasteiger partial charge < -0.3 is 15.2 Å². The van der Waals surface area contributed by atoms with E-state index in [-0.39, 0.29) is 19.8 Å².